The summed E-state index contributed by atoms with van der Waals surface area (Å²) in [6.07, 6.45) is 2.27. The molecule has 0 bridgehead atoms. The highest BCUT2D eigenvalue weighted by Crippen LogP contribution is 2.49. The summed E-state index contributed by atoms with van der Waals surface area (Å²) < 4.78 is 31.3. The number of nitrogens with one attached hydrogen (secondary N) is 1. The predicted octanol–water partition coefficient (Wildman–Crippen LogP) is 4.66. The number of benzene rings is 2. The Morgan fingerprint density at radius 2 is 1.89 bits per heavy atom. The van der Waals surface area contributed by atoms with Crippen molar-refractivity contribution in [1.82, 2.24) is 9.97 Å². The second-order valence-electron chi connectivity index (χ2n) is 11.4. The zero-order valence-electron chi connectivity index (χ0n) is 21.9. The molecule has 2 aliphatic rings. The standard InChI is InChI=1S/C28H34N4O4S/c1-19-9-10-22-21(15-19)25(29-18-28(11-12-28)16-24(33)36-27(2,3)4)31-26(30-22)32-13-14-37(34,35)23-8-6-5-7-20(23)17-32/h5-10,15H,11-14,16-18H2,1-4H3,(H,29,30,31). The second-order valence-corrected chi connectivity index (χ2v) is 13.4. The molecule has 1 aromatic heterocycles. The Bertz CT molecular complexity index is 1460. The molecule has 1 aliphatic heterocycles. The number of ether oxygens (including phenoxy) is 1. The van der Waals surface area contributed by atoms with Gasteiger partial charge in [-0.15, -0.1) is 0 Å². The maximum atomic E-state index is 12.9. The molecule has 8 nitrogen and oxygen atoms in total. The minimum Gasteiger partial charge on any atom is -0.460 e. The maximum Gasteiger partial charge on any atom is 0.306 e. The summed E-state index contributed by atoms with van der Waals surface area (Å²) in [5.74, 6) is 1.00. The van der Waals surface area contributed by atoms with E-state index in [2.05, 4.69) is 11.4 Å². The number of carbonyl (C=O) groups is 1. The number of fused-ring (bicyclic) bond motifs is 2. The summed E-state index contributed by atoms with van der Waals surface area (Å²) >= 11 is 0. The maximum absolute atomic E-state index is 12.9. The van der Waals surface area contributed by atoms with E-state index in [1.54, 1.807) is 12.1 Å². The van der Waals surface area contributed by atoms with Gasteiger partial charge in [0.25, 0.3) is 0 Å². The molecule has 2 heterocycles. The molecule has 37 heavy (non-hydrogen) atoms. The number of rotatable bonds is 6. The largest absolute Gasteiger partial charge is 0.460 e. The Balaban J connectivity index is 1.43. The van der Waals surface area contributed by atoms with E-state index in [0.717, 1.165) is 34.9 Å². The van der Waals surface area contributed by atoms with Crippen LogP contribution >= 0.6 is 0 Å². The van der Waals surface area contributed by atoms with Crippen molar-refractivity contribution >= 4 is 38.5 Å². The third-order valence-corrected chi connectivity index (χ3v) is 8.74. The van der Waals surface area contributed by atoms with Gasteiger partial charge in [-0.2, -0.15) is 4.98 Å². The summed E-state index contributed by atoms with van der Waals surface area (Å²) in [6.45, 7) is 8.98. The Hall–Kier alpha value is -3.20. The van der Waals surface area contributed by atoms with E-state index in [-0.39, 0.29) is 17.1 Å². The number of sulfone groups is 1. The van der Waals surface area contributed by atoms with Gasteiger partial charge in [-0.05, 0) is 69.7 Å². The molecule has 0 amide bonds. The lowest BCUT2D eigenvalue weighted by atomic mass is 10.0. The normalized spacial score (nSPS) is 18.1. The van der Waals surface area contributed by atoms with Crippen molar-refractivity contribution in [2.45, 2.75) is 64.0 Å². The van der Waals surface area contributed by atoms with Gasteiger partial charge < -0.3 is 15.0 Å². The molecule has 1 saturated carbocycles. The number of carbonyl (C=O) groups excluding carboxylic acids is 1. The topological polar surface area (TPSA) is 101 Å². The van der Waals surface area contributed by atoms with Gasteiger partial charge in [0.1, 0.15) is 11.4 Å². The van der Waals surface area contributed by atoms with Crippen molar-refractivity contribution in [3.63, 3.8) is 0 Å². The van der Waals surface area contributed by atoms with Gasteiger partial charge in [-0.3, -0.25) is 4.79 Å². The Kier molecular flexibility index (Phi) is 6.38. The van der Waals surface area contributed by atoms with Gasteiger partial charge >= 0.3 is 5.97 Å². The molecule has 1 aliphatic carbocycles. The minimum atomic E-state index is -3.38. The van der Waals surface area contributed by atoms with Crippen LogP contribution in [-0.4, -0.2) is 48.8 Å². The first-order chi connectivity index (χ1) is 17.4. The van der Waals surface area contributed by atoms with Crippen LogP contribution in [0.5, 0.6) is 0 Å². The first-order valence-corrected chi connectivity index (χ1v) is 14.4. The van der Waals surface area contributed by atoms with Crippen molar-refractivity contribution in [3.8, 4) is 0 Å². The third-order valence-electron chi connectivity index (χ3n) is 6.95. The molecule has 3 aromatic rings. The van der Waals surface area contributed by atoms with Crippen LogP contribution in [0.15, 0.2) is 47.4 Å². The second kappa shape index (κ2) is 9.28. The third kappa shape index (κ3) is 5.71. The van der Waals surface area contributed by atoms with Crippen molar-refractivity contribution < 1.29 is 17.9 Å². The van der Waals surface area contributed by atoms with Crippen LogP contribution in [0.2, 0.25) is 0 Å². The van der Waals surface area contributed by atoms with Gasteiger partial charge in [0, 0.05) is 25.0 Å². The lowest BCUT2D eigenvalue weighted by molar-refractivity contribution is -0.156. The fraction of sp³-hybridized carbons (Fsp3) is 0.464. The molecule has 196 valence electrons. The summed E-state index contributed by atoms with van der Waals surface area (Å²) in [5, 5.41) is 4.42. The van der Waals surface area contributed by atoms with Crippen LogP contribution in [0.4, 0.5) is 11.8 Å². The van der Waals surface area contributed by atoms with Gasteiger partial charge in [0.15, 0.2) is 9.84 Å². The van der Waals surface area contributed by atoms with Crippen LogP contribution in [0, 0.1) is 12.3 Å². The number of aromatic nitrogens is 2. The van der Waals surface area contributed by atoms with Gasteiger partial charge in [-0.1, -0.05) is 29.8 Å². The van der Waals surface area contributed by atoms with E-state index in [0.29, 0.717) is 42.7 Å². The first kappa shape index (κ1) is 25.4. The molecular formula is C28H34N4O4S. The molecule has 0 spiro atoms. The zero-order valence-corrected chi connectivity index (χ0v) is 22.7. The summed E-state index contributed by atoms with van der Waals surface area (Å²) in [7, 11) is -3.38. The van der Waals surface area contributed by atoms with E-state index in [1.165, 1.54) is 0 Å². The highest BCUT2D eigenvalue weighted by molar-refractivity contribution is 7.91. The molecule has 0 unspecified atom stereocenters. The number of hydrogen-bond acceptors (Lipinski definition) is 8. The number of nitrogens with zero attached hydrogens (tertiary/aromatic N) is 3. The molecule has 0 radical (unpaired) electrons. The fourth-order valence-electron chi connectivity index (χ4n) is 4.79. The van der Waals surface area contributed by atoms with Crippen molar-refractivity contribution in [3.05, 3.63) is 53.6 Å². The van der Waals surface area contributed by atoms with Crippen LogP contribution < -0.4 is 10.2 Å². The van der Waals surface area contributed by atoms with E-state index < -0.39 is 15.4 Å². The molecule has 0 atom stereocenters. The summed E-state index contributed by atoms with van der Waals surface area (Å²) in [6, 6.07) is 13.2. The SMILES string of the molecule is Cc1ccc2nc(N3CCS(=O)(=O)c4ccccc4C3)nc(NCC3(CC(=O)OC(C)(C)C)CC3)c2c1. The number of esters is 1. The lowest BCUT2D eigenvalue weighted by Gasteiger charge is -2.24. The van der Waals surface area contributed by atoms with Crippen LogP contribution in [-0.2, 0) is 25.9 Å². The minimum absolute atomic E-state index is 0.00106. The van der Waals surface area contributed by atoms with Crippen LogP contribution in [0.1, 0.15) is 51.2 Å². The van der Waals surface area contributed by atoms with E-state index >= 15 is 0 Å². The predicted molar refractivity (Wildman–Crippen MR) is 144 cm³/mol. The Morgan fingerprint density at radius 1 is 1.14 bits per heavy atom. The monoisotopic (exact) mass is 522 g/mol. The molecule has 2 aromatic carbocycles. The van der Waals surface area contributed by atoms with Gasteiger partial charge in [0.2, 0.25) is 5.95 Å². The van der Waals surface area contributed by atoms with Crippen molar-refractivity contribution in [1.29, 1.82) is 0 Å². The lowest BCUT2D eigenvalue weighted by Crippen LogP contribution is -2.29. The number of anilines is 2. The van der Waals surface area contributed by atoms with E-state index in [4.69, 9.17) is 14.7 Å². The Morgan fingerprint density at radius 3 is 2.62 bits per heavy atom. The smallest absolute Gasteiger partial charge is 0.306 e. The van der Waals surface area contributed by atoms with Crippen LogP contribution in [0.25, 0.3) is 10.9 Å². The van der Waals surface area contributed by atoms with Crippen molar-refractivity contribution in [2.24, 2.45) is 5.41 Å². The first-order valence-electron chi connectivity index (χ1n) is 12.7. The number of aryl methyl sites for hydroxylation is 1. The molecule has 5 rings (SSSR count). The Labute approximate surface area is 218 Å². The van der Waals surface area contributed by atoms with E-state index in [9.17, 15) is 13.2 Å². The van der Waals surface area contributed by atoms with E-state index in [1.807, 2.05) is 56.9 Å². The average molecular weight is 523 g/mol. The van der Waals surface area contributed by atoms with Gasteiger partial charge in [0.05, 0.1) is 22.6 Å². The molecular weight excluding hydrogens is 488 g/mol. The average Bonchev–Trinajstić information content (AvgIpc) is 3.59. The quantitative estimate of drug-likeness (QED) is 0.467. The number of hydrogen-bond donors (Lipinski definition) is 1. The highest BCUT2D eigenvalue weighted by Gasteiger charge is 2.45. The molecule has 0 saturated heterocycles. The summed E-state index contributed by atoms with van der Waals surface area (Å²) in [5.41, 5.74) is 1.98. The summed E-state index contributed by atoms with van der Waals surface area (Å²) in [4.78, 5) is 24.5. The zero-order chi connectivity index (χ0) is 26.4. The van der Waals surface area contributed by atoms with Crippen molar-refractivity contribution in [2.75, 3.05) is 29.1 Å². The highest BCUT2D eigenvalue weighted by atomic mass is 32.2. The molecule has 1 fully saturated rings. The fourth-order valence-corrected chi connectivity index (χ4v) is 6.29. The molecule has 9 heteroatoms. The molecule has 1 N–H and O–H groups in total. The van der Waals surface area contributed by atoms with Gasteiger partial charge in [-0.25, -0.2) is 13.4 Å². The van der Waals surface area contributed by atoms with Crippen LogP contribution in [0.3, 0.4) is 0 Å².